The van der Waals surface area contributed by atoms with Gasteiger partial charge in [0.15, 0.2) is 0 Å². The van der Waals surface area contributed by atoms with Crippen molar-refractivity contribution in [2.24, 2.45) is 11.8 Å². The molecule has 2 aliphatic rings. The van der Waals surface area contributed by atoms with E-state index in [2.05, 4.69) is 10.6 Å². The predicted molar refractivity (Wildman–Crippen MR) is 151 cm³/mol. The third-order valence-electron chi connectivity index (χ3n) is 7.79. The fourth-order valence-electron chi connectivity index (χ4n) is 5.56. The molecule has 0 radical (unpaired) electrons. The summed E-state index contributed by atoms with van der Waals surface area (Å²) < 4.78 is 25.0. The van der Waals surface area contributed by atoms with Crippen molar-refractivity contribution >= 4 is 23.9 Å². The van der Waals surface area contributed by atoms with Gasteiger partial charge < -0.3 is 20.1 Å². The van der Waals surface area contributed by atoms with E-state index in [1.807, 2.05) is 48.5 Å². The van der Waals surface area contributed by atoms with Crippen LogP contribution in [0.4, 0.5) is 9.18 Å². The van der Waals surface area contributed by atoms with Gasteiger partial charge in [-0.25, -0.2) is 14.0 Å². The first-order chi connectivity index (χ1) is 19.5. The monoisotopic (exact) mass is 567 g/mol. The number of nitrogens with zero attached hydrogens (tertiary/aromatic N) is 1. The number of fused-ring (bicyclic) bond motifs is 3. The predicted octanol–water partition coefficient (Wildman–Crippen LogP) is 3.80. The number of methoxy groups -OCH3 is 1. The molecule has 4 rings (SSSR count). The van der Waals surface area contributed by atoms with Crippen LogP contribution in [0, 0.1) is 11.8 Å². The number of benzene rings is 2. The molecule has 41 heavy (non-hydrogen) atoms. The zero-order valence-electron chi connectivity index (χ0n) is 24.1. The van der Waals surface area contributed by atoms with Crippen molar-refractivity contribution in [3.63, 3.8) is 0 Å². The van der Waals surface area contributed by atoms with Crippen molar-refractivity contribution in [1.82, 2.24) is 15.5 Å². The van der Waals surface area contributed by atoms with Crippen molar-refractivity contribution in [2.75, 3.05) is 20.3 Å². The van der Waals surface area contributed by atoms with Gasteiger partial charge in [-0.3, -0.25) is 14.5 Å². The molecule has 3 amide bonds. The van der Waals surface area contributed by atoms with Gasteiger partial charge in [0, 0.05) is 12.3 Å². The molecule has 1 aliphatic heterocycles. The summed E-state index contributed by atoms with van der Waals surface area (Å²) in [6.07, 6.45) is -2.41. The van der Waals surface area contributed by atoms with E-state index in [4.69, 9.17) is 9.47 Å². The minimum absolute atomic E-state index is 0.0375. The Hall–Kier alpha value is -3.95. The highest BCUT2D eigenvalue weighted by Gasteiger charge is 2.43. The zero-order chi connectivity index (χ0) is 29.8. The van der Waals surface area contributed by atoms with Crippen LogP contribution in [0.2, 0.25) is 0 Å². The van der Waals surface area contributed by atoms with Gasteiger partial charge in [0.25, 0.3) is 0 Å². The molecule has 1 heterocycles. The average Bonchev–Trinajstić information content (AvgIpc) is 3.50. The van der Waals surface area contributed by atoms with E-state index in [9.17, 15) is 23.6 Å². The van der Waals surface area contributed by atoms with Crippen LogP contribution in [0.25, 0.3) is 11.1 Å². The number of carbonyl (C=O) groups is 4. The summed E-state index contributed by atoms with van der Waals surface area (Å²) in [5, 5.41) is 5.32. The number of alkyl halides is 1. The van der Waals surface area contributed by atoms with Crippen LogP contribution in [0.1, 0.15) is 51.2 Å². The van der Waals surface area contributed by atoms with Gasteiger partial charge in [-0.1, -0.05) is 76.2 Å². The van der Waals surface area contributed by atoms with E-state index in [0.29, 0.717) is 0 Å². The maximum absolute atomic E-state index is 14.6. The Bertz CT molecular complexity index is 1250. The maximum Gasteiger partial charge on any atom is 0.410 e. The fraction of sp³-hybridized carbons (Fsp3) is 0.484. The molecule has 10 heteroatoms. The first-order valence-corrected chi connectivity index (χ1v) is 14.0. The lowest BCUT2D eigenvalue weighted by Gasteiger charge is -2.29. The smallest absolute Gasteiger partial charge is 0.410 e. The summed E-state index contributed by atoms with van der Waals surface area (Å²) >= 11 is 0. The molecule has 0 saturated carbocycles. The highest BCUT2D eigenvalue weighted by Crippen LogP contribution is 2.44. The number of rotatable bonds is 9. The van der Waals surface area contributed by atoms with Gasteiger partial charge >= 0.3 is 12.1 Å². The minimum Gasteiger partial charge on any atom is -0.467 e. The molecule has 4 atom stereocenters. The standard InChI is InChI=1S/C31H38FN3O6/c1-17(2)26(29(37)34-27(18(3)4)30(38)40-5)33-28(36)25-14-19(32)15-35(25)31(39)41-16-24-22-12-8-6-10-20(22)21-11-7-9-13-23(21)24/h6-13,17-19,24-27H,14-16H2,1-5H3,(H,33,36)(H,34,37)/t19-,25+,26+,27+/m1/s1. The molecule has 0 aromatic heterocycles. The summed E-state index contributed by atoms with van der Waals surface area (Å²) in [6.45, 7) is 6.75. The van der Waals surface area contributed by atoms with Gasteiger partial charge in [0.05, 0.1) is 13.7 Å². The van der Waals surface area contributed by atoms with E-state index >= 15 is 0 Å². The molecule has 0 bridgehead atoms. The molecule has 9 nitrogen and oxygen atoms in total. The van der Waals surface area contributed by atoms with Crippen molar-refractivity contribution in [3.05, 3.63) is 59.7 Å². The van der Waals surface area contributed by atoms with Gasteiger partial charge in [0.2, 0.25) is 11.8 Å². The molecule has 0 spiro atoms. The van der Waals surface area contributed by atoms with Gasteiger partial charge in [0.1, 0.15) is 30.9 Å². The number of hydrogen-bond acceptors (Lipinski definition) is 6. The molecule has 1 fully saturated rings. The SMILES string of the molecule is COC(=O)[C@@H](NC(=O)[C@@H](NC(=O)[C@@H]1C[C@@H](F)CN1C(=O)OCC1c2ccccc2-c2ccccc21)C(C)C)C(C)C. The van der Waals surface area contributed by atoms with Gasteiger partial charge in [-0.05, 0) is 34.1 Å². The second-order valence-electron chi connectivity index (χ2n) is 11.3. The van der Waals surface area contributed by atoms with Crippen LogP contribution in [-0.4, -0.2) is 73.3 Å². The number of amides is 3. The normalized spacial score (nSPS) is 19.4. The van der Waals surface area contributed by atoms with Crippen molar-refractivity contribution in [2.45, 2.75) is 64.3 Å². The fourth-order valence-corrected chi connectivity index (χ4v) is 5.56. The second-order valence-corrected chi connectivity index (χ2v) is 11.3. The largest absolute Gasteiger partial charge is 0.467 e. The maximum atomic E-state index is 14.6. The van der Waals surface area contributed by atoms with E-state index in [0.717, 1.165) is 27.2 Å². The van der Waals surface area contributed by atoms with E-state index in [1.54, 1.807) is 27.7 Å². The Morgan fingerprint density at radius 1 is 0.902 bits per heavy atom. The average molecular weight is 568 g/mol. The third kappa shape index (κ3) is 6.36. The first kappa shape index (κ1) is 30.0. The number of carbonyl (C=O) groups excluding carboxylic acids is 4. The van der Waals surface area contributed by atoms with Crippen molar-refractivity contribution < 1.29 is 33.0 Å². The highest BCUT2D eigenvalue weighted by molar-refractivity contribution is 5.93. The Kier molecular flexibility index (Phi) is 9.30. The molecule has 1 aliphatic carbocycles. The first-order valence-electron chi connectivity index (χ1n) is 14.0. The molecular weight excluding hydrogens is 529 g/mol. The number of ether oxygens (including phenoxy) is 2. The van der Waals surface area contributed by atoms with Crippen LogP contribution in [0.15, 0.2) is 48.5 Å². The Balaban J connectivity index is 1.44. The van der Waals surface area contributed by atoms with Crippen LogP contribution >= 0.6 is 0 Å². The highest BCUT2D eigenvalue weighted by atomic mass is 19.1. The lowest BCUT2D eigenvalue weighted by atomic mass is 9.98. The number of nitrogens with one attached hydrogen (secondary N) is 2. The lowest BCUT2D eigenvalue weighted by molar-refractivity contribution is -0.147. The quantitative estimate of drug-likeness (QED) is 0.446. The van der Waals surface area contributed by atoms with Crippen LogP contribution in [0.5, 0.6) is 0 Å². The molecule has 2 aromatic carbocycles. The summed E-state index contributed by atoms with van der Waals surface area (Å²) in [4.78, 5) is 52.8. The number of halogens is 1. The topological polar surface area (TPSA) is 114 Å². The van der Waals surface area contributed by atoms with E-state index in [-0.39, 0.29) is 37.3 Å². The number of likely N-dealkylation sites (tertiary alicyclic amines) is 1. The molecule has 0 unspecified atom stereocenters. The van der Waals surface area contributed by atoms with Crippen LogP contribution < -0.4 is 10.6 Å². The molecule has 2 N–H and O–H groups in total. The van der Waals surface area contributed by atoms with E-state index in [1.165, 1.54) is 7.11 Å². The molecular formula is C31H38FN3O6. The molecule has 220 valence electrons. The van der Waals surface area contributed by atoms with Gasteiger partial charge in [-0.15, -0.1) is 0 Å². The molecule has 1 saturated heterocycles. The van der Waals surface area contributed by atoms with Gasteiger partial charge in [-0.2, -0.15) is 0 Å². The summed E-state index contributed by atoms with van der Waals surface area (Å²) in [6, 6.07) is 12.8. The number of esters is 1. The Labute approximate surface area is 239 Å². The van der Waals surface area contributed by atoms with E-state index < -0.39 is 48.2 Å². The van der Waals surface area contributed by atoms with Crippen molar-refractivity contribution in [3.8, 4) is 11.1 Å². The zero-order valence-corrected chi connectivity index (χ0v) is 24.1. The molecule has 2 aromatic rings. The second kappa shape index (κ2) is 12.7. The summed E-state index contributed by atoms with van der Waals surface area (Å²) in [7, 11) is 1.23. The Morgan fingerprint density at radius 3 is 2.00 bits per heavy atom. The summed E-state index contributed by atoms with van der Waals surface area (Å²) in [5.74, 6) is -2.61. The Morgan fingerprint density at radius 2 is 1.46 bits per heavy atom. The van der Waals surface area contributed by atoms with Crippen LogP contribution in [-0.2, 0) is 23.9 Å². The van der Waals surface area contributed by atoms with Crippen molar-refractivity contribution in [1.29, 1.82) is 0 Å². The number of hydrogen-bond donors (Lipinski definition) is 2. The van der Waals surface area contributed by atoms with Crippen LogP contribution in [0.3, 0.4) is 0 Å². The summed E-state index contributed by atoms with van der Waals surface area (Å²) in [5.41, 5.74) is 4.24. The third-order valence-corrected chi connectivity index (χ3v) is 7.79. The lowest BCUT2D eigenvalue weighted by Crippen LogP contribution is -2.57. The minimum atomic E-state index is -1.41.